The standard InChI is InChI=1S/C27H26FN5O2/c1-2-18-5-3-6-21(15-18)30-26(34)25-22-17-32(27(35)23-7-4-13-29-23)14-12-24(22)33(31-25)16-19-8-10-20(28)11-9-19/h3-11,13,15,29H,2,12,14,16-17H2,1H3,(H,30,34). The maximum Gasteiger partial charge on any atom is 0.276 e. The smallest absolute Gasteiger partial charge is 0.276 e. The summed E-state index contributed by atoms with van der Waals surface area (Å²) in [4.78, 5) is 31.0. The number of aromatic amines is 1. The number of rotatable bonds is 6. The molecule has 1 aliphatic heterocycles. The number of nitrogens with one attached hydrogen (secondary N) is 2. The van der Waals surface area contributed by atoms with Gasteiger partial charge in [-0.1, -0.05) is 31.2 Å². The predicted octanol–water partition coefficient (Wildman–Crippen LogP) is 4.41. The Hall–Kier alpha value is -4.20. The first kappa shape index (κ1) is 22.6. The molecule has 35 heavy (non-hydrogen) atoms. The zero-order valence-corrected chi connectivity index (χ0v) is 19.4. The monoisotopic (exact) mass is 471 g/mol. The van der Waals surface area contributed by atoms with Gasteiger partial charge in [0, 0.05) is 36.1 Å². The molecule has 0 spiro atoms. The maximum absolute atomic E-state index is 13.4. The Balaban J connectivity index is 1.47. The van der Waals surface area contributed by atoms with E-state index in [0.717, 1.165) is 28.8 Å². The number of H-pyrrole nitrogens is 1. The molecule has 8 heteroatoms. The Morgan fingerprint density at radius 2 is 1.91 bits per heavy atom. The molecule has 3 heterocycles. The number of aromatic nitrogens is 3. The summed E-state index contributed by atoms with van der Waals surface area (Å²) >= 11 is 0. The largest absolute Gasteiger partial charge is 0.357 e. The molecule has 2 amide bonds. The van der Waals surface area contributed by atoms with Crippen molar-refractivity contribution in [3.8, 4) is 0 Å². The third kappa shape index (κ3) is 4.73. The van der Waals surface area contributed by atoms with Crippen molar-refractivity contribution in [2.24, 2.45) is 0 Å². The normalized spacial score (nSPS) is 12.9. The second kappa shape index (κ2) is 9.58. The summed E-state index contributed by atoms with van der Waals surface area (Å²) in [5.74, 6) is -0.737. The van der Waals surface area contributed by atoms with Crippen LogP contribution < -0.4 is 5.32 Å². The van der Waals surface area contributed by atoms with E-state index in [1.165, 1.54) is 12.1 Å². The third-order valence-electron chi connectivity index (χ3n) is 6.30. The van der Waals surface area contributed by atoms with Crippen molar-refractivity contribution in [2.75, 3.05) is 11.9 Å². The van der Waals surface area contributed by atoms with E-state index in [1.807, 2.05) is 24.3 Å². The van der Waals surface area contributed by atoms with Crippen LogP contribution in [-0.2, 0) is 25.9 Å². The van der Waals surface area contributed by atoms with Crippen LogP contribution >= 0.6 is 0 Å². The summed E-state index contributed by atoms with van der Waals surface area (Å²) in [6.45, 7) is 3.27. The number of aryl methyl sites for hydroxylation is 1. The minimum atomic E-state index is -0.318. The average Bonchev–Trinajstić information content (AvgIpc) is 3.54. The molecule has 0 fully saturated rings. The number of amides is 2. The van der Waals surface area contributed by atoms with Gasteiger partial charge in [0.05, 0.1) is 13.1 Å². The Morgan fingerprint density at radius 3 is 2.66 bits per heavy atom. The lowest BCUT2D eigenvalue weighted by Crippen LogP contribution is -2.37. The lowest BCUT2D eigenvalue weighted by atomic mass is 10.0. The Labute approximate surface area is 202 Å². The van der Waals surface area contributed by atoms with Crippen molar-refractivity contribution in [3.63, 3.8) is 0 Å². The van der Waals surface area contributed by atoms with Crippen LogP contribution in [0.4, 0.5) is 10.1 Å². The summed E-state index contributed by atoms with van der Waals surface area (Å²) in [5.41, 5.74) is 5.16. The first-order valence-corrected chi connectivity index (χ1v) is 11.7. The number of nitrogens with zero attached hydrogens (tertiary/aromatic N) is 3. The number of fused-ring (bicyclic) bond motifs is 1. The van der Waals surface area contributed by atoms with Crippen molar-refractivity contribution >= 4 is 17.5 Å². The molecule has 7 nitrogen and oxygen atoms in total. The molecule has 0 aliphatic carbocycles. The number of benzene rings is 2. The van der Waals surface area contributed by atoms with Gasteiger partial charge in [-0.15, -0.1) is 0 Å². The second-order valence-electron chi connectivity index (χ2n) is 8.63. The fourth-order valence-electron chi connectivity index (χ4n) is 4.43. The molecule has 0 bridgehead atoms. The van der Waals surface area contributed by atoms with Gasteiger partial charge in [0.2, 0.25) is 0 Å². The minimum Gasteiger partial charge on any atom is -0.357 e. The lowest BCUT2D eigenvalue weighted by molar-refractivity contribution is 0.0726. The van der Waals surface area contributed by atoms with Gasteiger partial charge < -0.3 is 15.2 Å². The summed E-state index contributed by atoms with van der Waals surface area (Å²) in [5, 5.41) is 7.64. The second-order valence-corrected chi connectivity index (χ2v) is 8.63. The summed E-state index contributed by atoms with van der Waals surface area (Å²) in [6.07, 6.45) is 3.14. The number of anilines is 1. The van der Waals surface area contributed by atoms with Crippen molar-refractivity contribution < 1.29 is 14.0 Å². The molecule has 178 valence electrons. The van der Waals surface area contributed by atoms with Crippen LogP contribution in [0, 0.1) is 5.82 Å². The van der Waals surface area contributed by atoms with Gasteiger partial charge in [0.1, 0.15) is 11.5 Å². The molecule has 1 aliphatic rings. The fourth-order valence-corrected chi connectivity index (χ4v) is 4.43. The Morgan fingerprint density at radius 1 is 1.09 bits per heavy atom. The molecular formula is C27H26FN5O2. The van der Waals surface area contributed by atoms with Crippen LogP contribution in [0.3, 0.4) is 0 Å². The number of hydrogen-bond donors (Lipinski definition) is 2. The van der Waals surface area contributed by atoms with E-state index in [0.29, 0.717) is 36.6 Å². The van der Waals surface area contributed by atoms with Gasteiger partial charge in [-0.2, -0.15) is 5.10 Å². The molecule has 0 saturated carbocycles. The van der Waals surface area contributed by atoms with Crippen molar-refractivity contribution in [1.82, 2.24) is 19.7 Å². The van der Waals surface area contributed by atoms with Crippen LogP contribution in [0.5, 0.6) is 0 Å². The molecule has 4 aromatic rings. The lowest BCUT2D eigenvalue weighted by Gasteiger charge is -2.27. The Bertz CT molecular complexity index is 1360. The van der Waals surface area contributed by atoms with E-state index in [-0.39, 0.29) is 24.2 Å². The number of hydrogen-bond acceptors (Lipinski definition) is 3. The average molecular weight is 472 g/mol. The quantitative estimate of drug-likeness (QED) is 0.437. The number of carbonyl (C=O) groups is 2. The van der Waals surface area contributed by atoms with Crippen LogP contribution in [0.25, 0.3) is 0 Å². The van der Waals surface area contributed by atoms with E-state index < -0.39 is 0 Å². The topological polar surface area (TPSA) is 83.0 Å². The van der Waals surface area contributed by atoms with Gasteiger partial charge in [-0.3, -0.25) is 14.3 Å². The molecular weight excluding hydrogens is 445 g/mol. The van der Waals surface area contributed by atoms with E-state index in [4.69, 9.17) is 0 Å². The zero-order chi connectivity index (χ0) is 24.4. The third-order valence-corrected chi connectivity index (χ3v) is 6.30. The number of halogens is 1. The SMILES string of the molecule is CCc1cccc(NC(=O)c2nn(Cc3ccc(F)cc3)c3c2CN(C(=O)c2ccc[nH]2)CC3)c1. The molecule has 0 unspecified atom stereocenters. The Kier molecular flexibility index (Phi) is 6.18. The summed E-state index contributed by atoms with van der Waals surface area (Å²) in [6, 6.07) is 17.5. The molecule has 2 N–H and O–H groups in total. The predicted molar refractivity (Wildman–Crippen MR) is 131 cm³/mol. The van der Waals surface area contributed by atoms with E-state index in [9.17, 15) is 14.0 Å². The molecule has 0 saturated heterocycles. The van der Waals surface area contributed by atoms with Gasteiger partial charge >= 0.3 is 0 Å². The van der Waals surface area contributed by atoms with Crippen LogP contribution in [-0.4, -0.2) is 38.0 Å². The molecule has 0 atom stereocenters. The maximum atomic E-state index is 13.4. The zero-order valence-electron chi connectivity index (χ0n) is 19.4. The van der Waals surface area contributed by atoms with Gasteiger partial charge in [0.25, 0.3) is 11.8 Å². The van der Waals surface area contributed by atoms with Gasteiger partial charge in [-0.05, 0) is 53.9 Å². The van der Waals surface area contributed by atoms with E-state index >= 15 is 0 Å². The van der Waals surface area contributed by atoms with E-state index in [2.05, 4.69) is 22.3 Å². The first-order chi connectivity index (χ1) is 17.0. The van der Waals surface area contributed by atoms with Crippen LogP contribution in [0.2, 0.25) is 0 Å². The van der Waals surface area contributed by atoms with E-state index in [1.54, 1.807) is 40.0 Å². The summed E-state index contributed by atoms with van der Waals surface area (Å²) < 4.78 is 15.2. The highest BCUT2D eigenvalue weighted by molar-refractivity contribution is 6.04. The molecule has 5 rings (SSSR count). The van der Waals surface area contributed by atoms with Crippen molar-refractivity contribution in [2.45, 2.75) is 32.9 Å². The van der Waals surface area contributed by atoms with Crippen molar-refractivity contribution in [3.05, 3.63) is 106 Å². The van der Waals surface area contributed by atoms with Gasteiger partial charge in [-0.25, -0.2) is 4.39 Å². The minimum absolute atomic E-state index is 0.117. The highest BCUT2D eigenvalue weighted by atomic mass is 19.1. The van der Waals surface area contributed by atoms with Crippen LogP contribution in [0.1, 0.15) is 50.3 Å². The van der Waals surface area contributed by atoms with Crippen molar-refractivity contribution in [1.29, 1.82) is 0 Å². The molecule has 2 aromatic heterocycles. The first-order valence-electron chi connectivity index (χ1n) is 11.7. The van der Waals surface area contributed by atoms with Crippen LogP contribution in [0.15, 0.2) is 66.9 Å². The highest BCUT2D eigenvalue weighted by Gasteiger charge is 2.31. The molecule has 2 aromatic carbocycles. The fraction of sp³-hybridized carbons (Fsp3) is 0.222. The number of carbonyl (C=O) groups excluding carboxylic acids is 2. The molecule has 0 radical (unpaired) electrons. The highest BCUT2D eigenvalue weighted by Crippen LogP contribution is 2.26. The van der Waals surface area contributed by atoms with Gasteiger partial charge in [0.15, 0.2) is 5.69 Å². The summed E-state index contributed by atoms with van der Waals surface area (Å²) in [7, 11) is 0.